The van der Waals surface area contributed by atoms with Crippen molar-refractivity contribution in [2.24, 2.45) is 5.92 Å². The molecule has 1 heterocycles. The maximum atomic E-state index is 14.0. The van der Waals surface area contributed by atoms with E-state index in [0.29, 0.717) is 12.0 Å². The van der Waals surface area contributed by atoms with E-state index in [1.807, 2.05) is 0 Å². The maximum absolute atomic E-state index is 14.0. The quantitative estimate of drug-likeness (QED) is 0.858. The number of aliphatic hydroxyl groups excluding tert-OH is 1. The van der Waals surface area contributed by atoms with E-state index in [1.54, 1.807) is 37.1 Å². The van der Waals surface area contributed by atoms with Crippen LogP contribution in [0.3, 0.4) is 0 Å². The van der Waals surface area contributed by atoms with Crippen LogP contribution in [0, 0.1) is 11.7 Å². The number of benzene rings is 1. The summed E-state index contributed by atoms with van der Waals surface area (Å²) in [7, 11) is 3.11. The third-order valence-electron chi connectivity index (χ3n) is 4.39. The van der Waals surface area contributed by atoms with Gasteiger partial charge in [0.15, 0.2) is 0 Å². The number of rotatable bonds is 3. The van der Waals surface area contributed by atoms with Gasteiger partial charge in [-0.15, -0.1) is 0 Å². The number of likely N-dealkylation sites (tertiary alicyclic amines) is 1. The second-order valence-electron chi connectivity index (χ2n) is 5.49. The second kappa shape index (κ2) is 5.50. The molecule has 0 amide bonds. The van der Waals surface area contributed by atoms with Gasteiger partial charge in [-0.25, -0.2) is 4.39 Å². The third kappa shape index (κ3) is 2.21. The summed E-state index contributed by atoms with van der Waals surface area (Å²) in [5.74, 6) is -0.893. The Hall–Kier alpha value is -1.46. The number of hydrogen-bond acceptors (Lipinski definition) is 4. The molecule has 4 nitrogen and oxygen atoms in total. The van der Waals surface area contributed by atoms with Crippen LogP contribution < -0.4 is 0 Å². The first-order valence-electron chi connectivity index (χ1n) is 6.62. The molecule has 3 atom stereocenters. The molecule has 0 aliphatic carbocycles. The van der Waals surface area contributed by atoms with Crippen molar-refractivity contribution in [2.75, 3.05) is 20.8 Å². The van der Waals surface area contributed by atoms with Crippen LogP contribution in [0.15, 0.2) is 24.3 Å². The highest BCUT2D eigenvalue weighted by Crippen LogP contribution is 2.46. The van der Waals surface area contributed by atoms with E-state index in [1.165, 1.54) is 13.2 Å². The summed E-state index contributed by atoms with van der Waals surface area (Å²) in [5, 5.41) is 9.59. The van der Waals surface area contributed by atoms with Gasteiger partial charge in [0.05, 0.1) is 7.11 Å². The van der Waals surface area contributed by atoms with Crippen LogP contribution in [0.5, 0.6) is 0 Å². The van der Waals surface area contributed by atoms with Crippen molar-refractivity contribution in [2.45, 2.75) is 24.9 Å². The number of nitrogens with zero attached hydrogens (tertiary/aromatic N) is 1. The van der Waals surface area contributed by atoms with Gasteiger partial charge >= 0.3 is 5.97 Å². The largest absolute Gasteiger partial charge is 0.468 e. The monoisotopic (exact) mass is 281 g/mol. The highest BCUT2D eigenvalue weighted by molar-refractivity contribution is 5.80. The number of carbonyl (C=O) groups is 1. The number of carbonyl (C=O) groups excluding carboxylic acids is 1. The van der Waals surface area contributed by atoms with E-state index in [-0.39, 0.29) is 30.4 Å². The molecule has 1 N–H and O–H groups in total. The Morgan fingerprint density at radius 3 is 2.75 bits per heavy atom. The van der Waals surface area contributed by atoms with Gasteiger partial charge in [0.2, 0.25) is 0 Å². The van der Waals surface area contributed by atoms with Crippen molar-refractivity contribution < 1.29 is 19.0 Å². The van der Waals surface area contributed by atoms with E-state index in [0.717, 1.165) is 0 Å². The number of hydrogen-bond donors (Lipinski definition) is 1. The highest BCUT2D eigenvalue weighted by Gasteiger charge is 2.52. The molecule has 0 aromatic heterocycles. The molecule has 1 saturated heterocycles. The summed E-state index contributed by atoms with van der Waals surface area (Å²) in [4.78, 5) is 13.8. The van der Waals surface area contributed by atoms with Crippen molar-refractivity contribution in [3.05, 3.63) is 35.6 Å². The van der Waals surface area contributed by atoms with E-state index < -0.39 is 5.54 Å². The van der Waals surface area contributed by atoms with Gasteiger partial charge in [-0.3, -0.25) is 9.69 Å². The van der Waals surface area contributed by atoms with Crippen LogP contribution in [-0.2, 0) is 9.53 Å². The minimum atomic E-state index is -0.852. The predicted molar refractivity (Wildman–Crippen MR) is 72.5 cm³/mol. The number of ether oxygens (including phenoxy) is 1. The molecule has 110 valence electrons. The zero-order chi connectivity index (χ0) is 14.9. The molecular formula is C15H20FNO3. The molecular weight excluding hydrogens is 261 g/mol. The standard InChI is InChI=1S/C15H20FNO3/c1-15(14(19)20-3)8-10(9-18)13(17(15)2)11-6-4-5-7-12(11)16/h4-7,10,13,18H,8-9H2,1-3H3/t10-,13+,15-/m0/s1. The van der Waals surface area contributed by atoms with Crippen molar-refractivity contribution >= 4 is 5.97 Å². The molecule has 5 heteroatoms. The molecule has 0 spiro atoms. The average molecular weight is 281 g/mol. The van der Waals surface area contributed by atoms with E-state index in [2.05, 4.69) is 0 Å². The Labute approximate surface area is 118 Å². The van der Waals surface area contributed by atoms with Gasteiger partial charge in [0.25, 0.3) is 0 Å². The molecule has 1 aliphatic rings. The van der Waals surface area contributed by atoms with Crippen molar-refractivity contribution in [3.8, 4) is 0 Å². The summed E-state index contributed by atoms with van der Waals surface area (Å²) < 4.78 is 18.9. The van der Waals surface area contributed by atoms with Crippen molar-refractivity contribution in [1.82, 2.24) is 4.90 Å². The van der Waals surface area contributed by atoms with Crippen LogP contribution in [0.1, 0.15) is 24.9 Å². The van der Waals surface area contributed by atoms with Gasteiger partial charge < -0.3 is 9.84 Å². The first-order valence-corrected chi connectivity index (χ1v) is 6.62. The Morgan fingerprint density at radius 2 is 2.20 bits per heavy atom. The lowest BCUT2D eigenvalue weighted by Crippen LogP contribution is -2.47. The topological polar surface area (TPSA) is 49.8 Å². The van der Waals surface area contributed by atoms with Gasteiger partial charge in [-0.1, -0.05) is 18.2 Å². The molecule has 20 heavy (non-hydrogen) atoms. The molecule has 1 aliphatic heterocycles. The van der Waals surface area contributed by atoms with Crippen LogP contribution in [0.2, 0.25) is 0 Å². The molecule has 0 unspecified atom stereocenters. The van der Waals surface area contributed by atoms with Crippen LogP contribution in [-0.4, -0.2) is 42.3 Å². The second-order valence-corrected chi connectivity index (χ2v) is 5.49. The SMILES string of the molecule is COC(=O)[C@]1(C)C[C@@H](CO)[C@H](c2ccccc2F)N1C. The molecule has 0 radical (unpaired) electrons. The van der Waals surface area contributed by atoms with Gasteiger partial charge in [0.1, 0.15) is 11.4 Å². The summed E-state index contributed by atoms with van der Waals surface area (Å²) in [5.41, 5.74) is -0.351. The van der Waals surface area contributed by atoms with E-state index >= 15 is 0 Å². The lowest BCUT2D eigenvalue weighted by molar-refractivity contribution is -0.152. The Morgan fingerprint density at radius 1 is 1.55 bits per heavy atom. The van der Waals surface area contributed by atoms with E-state index in [9.17, 15) is 14.3 Å². The molecule has 0 bridgehead atoms. The Bertz CT molecular complexity index is 508. The number of likely N-dealkylation sites (N-methyl/N-ethyl adjacent to an activating group) is 1. The molecule has 2 rings (SSSR count). The van der Waals surface area contributed by atoms with E-state index in [4.69, 9.17) is 4.74 Å². The van der Waals surface area contributed by atoms with Crippen molar-refractivity contribution in [1.29, 1.82) is 0 Å². The summed E-state index contributed by atoms with van der Waals surface area (Å²) in [6, 6.07) is 6.13. The summed E-state index contributed by atoms with van der Waals surface area (Å²) >= 11 is 0. The zero-order valence-corrected chi connectivity index (χ0v) is 12.0. The average Bonchev–Trinajstić information content (AvgIpc) is 2.72. The Kier molecular flexibility index (Phi) is 4.11. The maximum Gasteiger partial charge on any atom is 0.326 e. The van der Waals surface area contributed by atoms with Gasteiger partial charge in [-0.2, -0.15) is 0 Å². The fraction of sp³-hybridized carbons (Fsp3) is 0.533. The minimum Gasteiger partial charge on any atom is -0.468 e. The first kappa shape index (κ1) is 14.9. The lowest BCUT2D eigenvalue weighted by Gasteiger charge is -2.33. The minimum absolute atomic E-state index is 0.101. The first-order chi connectivity index (χ1) is 9.45. The Balaban J connectivity index is 2.43. The van der Waals surface area contributed by atoms with Crippen LogP contribution in [0.25, 0.3) is 0 Å². The number of methoxy groups -OCH3 is 1. The zero-order valence-electron chi connectivity index (χ0n) is 12.0. The smallest absolute Gasteiger partial charge is 0.326 e. The summed E-state index contributed by atoms with van der Waals surface area (Å²) in [6.45, 7) is 1.66. The summed E-state index contributed by atoms with van der Waals surface area (Å²) in [6.07, 6.45) is 0.436. The highest BCUT2D eigenvalue weighted by atomic mass is 19.1. The number of esters is 1. The molecule has 1 aromatic rings. The van der Waals surface area contributed by atoms with Gasteiger partial charge in [0, 0.05) is 24.1 Å². The number of halogens is 1. The normalized spacial score (nSPS) is 30.4. The van der Waals surface area contributed by atoms with Crippen LogP contribution in [0.4, 0.5) is 4.39 Å². The fourth-order valence-corrected chi connectivity index (χ4v) is 3.18. The number of aliphatic hydroxyl groups is 1. The predicted octanol–water partition coefficient (Wildman–Crippen LogP) is 1.74. The molecule has 1 fully saturated rings. The van der Waals surface area contributed by atoms with Crippen LogP contribution >= 0.6 is 0 Å². The molecule has 1 aromatic carbocycles. The lowest BCUT2D eigenvalue weighted by atomic mass is 9.90. The van der Waals surface area contributed by atoms with Gasteiger partial charge in [-0.05, 0) is 26.5 Å². The van der Waals surface area contributed by atoms with Crippen molar-refractivity contribution in [3.63, 3.8) is 0 Å². The fourth-order valence-electron chi connectivity index (χ4n) is 3.18. The third-order valence-corrected chi connectivity index (χ3v) is 4.39. The molecule has 0 saturated carbocycles.